The molecule has 5 nitrogen and oxygen atoms in total. The van der Waals surface area contributed by atoms with Crippen molar-refractivity contribution in [2.45, 2.75) is 39.0 Å². The Labute approximate surface area is 368 Å². The van der Waals surface area contributed by atoms with Crippen molar-refractivity contribution in [3.8, 4) is 56.3 Å². The summed E-state index contributed by atoms with van der Waals surface area (Å²) >= 11 is 2.48. The molecule has 2 aromatic heterocycles. The number of nitrogens with zero attached hydrogens (tertiary/aromatic N) is 4. The van der Waals surface area contributed by atoms with Crippen LogP contribution in [0.4, 0.5) is 11.5 Å². The number of para-hydroxylation sites is 3. The molecule has 0 fully saturated rings. The maximum absolute atomic E-state index is 6.85. The van der Waals surface area contributed by atoms with E-state index in [9.17, 15) is 0 Å². The van der Waals surface area contributed by atoms with E-state index < -0.39 is 0 Å². The van der Waals surface area contributed by atoms with Gasteiger partial charge >= 0.3 is 321 Å². The number of benzene rings is 7. The number of ether oxygens (including phenoxy) is 1. The van der Waals surface area contributed by atoms with E-state index >= 15 is 0 Å². The molecule has 0 unspecified atom stereocenters. The topological polar surface area (TPSA) is 35.2 Å². The molecule has 1 aliphatic heterocycles. The van der Waals surface area contributed by atoms with Gasteiger partial charge in [0, 0.05) is 6.20 Å². The van der Waals surface area contributed by atoms with Crippen LogP contribution in [0.15, 0.2) is 176 Å². The first-order chi connectivity index (χ1) is 29.8. The van der Waals surface area contributed by atoms with E-state index in [4.69, 9.17) is 9.72 Å². The average molecular weight is 972 g/mol. The second-order valence-corrected chi connectivity index (χ2v) is 17.5. The van der Waals surface area contributed by atoms with Crippen molar-refractivity contribution >= 4 is 22.5 Å². The number of aromatic nitrogens is 3. The van der Waals surface area contributed by atoms with Crippen molar-refractivity contribution in [2.24, 2.45) is 0 Å². The van der Waals surface area contributed by atoms with Gasteiger partial charge in [-0.05, 0) is 17.0 Å². The summed E-state index contributed by atoms with van der Waals surface area (Å²) in [5.74, 6) is 2.18. The van der Waals surface area contributed by atoms with Crippen LogP contribution in [0.1, 0.15) is 38.3 Å². The van der Waals surface area contributed by atoms with Crippen LogP contribution in [0.5, 0.6) is 11.5 Å². The second-order valence-electron chi connectivity index (χ2n) is 16.5. The molecule has 7 aromatic carbocycles. The molecule has 0 spiro atoms. The number of fused-ring (bicyclic) bond motifs is 2. The van der Waals surface area contributed by atoms with Crippen molar-refractivity contribution in [3.05, 3.63) is 203 Å². The Hall–Kier alpha value is -6.55. The van der Waals surface area contributed by atoms with Crippen LogP contribution in [0.2, 0.25) is 0 Å². The summed E-state index contributed by atoms with van der Waals surface area (Å²) in [7, 11) is 0. The maximum atomic E-state index is 6.85. The van der Waals surface area contributed by atoms with E-state index in [0.29, 0.717) is 11.5 Å². The summed E-state index contributed by atoms with van der Waals surface area (Å²) in [6.07, 6.45) is 3.90. The van der Waals surface area contributed by atoms with Gasteiger partial charge in [-0.3, -0.25) is 0 Å². The molecule has 61 heavy (non-hydrogen) atoms. The fourth-order valence-corrected chi connectivity index (χ4v) is 9.63. The molecule has 0 saturated carbocycles. The number of imidazole rings is 1. The van der Waals surface area contributed by atoms with Crippen molar-refractivity contribution in [3.63, 3.8) is 0 Å². The fraction of sp³-hybridized carbons (Fsp3) is 0.127. The SMILES string of the molecule is CC(C)(C)c1ccnc(N2CCCc3c2[c-]c(Oc2[c-]c(-n4[c](=[Pt])n(-c5c(-c6ccccc6)cccc5-c5ccccc5)c5ccccc54)ccc2)cc3-c2ccccc2)c1. The second kappa shape index (κ2) is 16.1. The molecule has 0 amide bonds. The van der Waals surface area contributed by atoms with Gasteiger partial charge in [-0.15, -0.1) is 0 Å². The van der Waals surface area contributed by atoms with E-state index in [1.54, 1.807) is 0 Å². The zero-order valence-electron chi connectivity index (χ0n) is 34.4. The summed E-state index contributed by atoms with van der Waals surface area (Å²) in [6, 6.07) is 67.2. The van der Waals surface area contributed by atoms with Crippen LogP contribution in [0, 0.1) is 15.9 Å². The molecule has 1 aliphatic rings. The molecule has 10 rings (SSSR count). The van der Waals surface area contributed by atoms with Crippen molar-refractivity contribution < 1.29 is 24.1 Å². The summed E-state index contributed by atoms with van der Waals surface area (Å²) < 4.78 is 12.5. The minimum atomic E-state index is -0.00132. The molecule has 6 heteroatoms. The molecule has 0 saturated heterocycles. The average Bonchev–Trinajstić information content (AvgIpc) is 3.60. The fourth-order valence-electron chi connectivity index (χ4n) is 8.56. The predicted octanol–water partition coefficient (Wildman–Crippen LogP) is 13.7. The van der Waals surface area contributed by atoms with Gasteiger partial charge in [0.05, 0.1) is 0 Å². The number of hydrogen-bond donors (Lipinski definition) is 0. The number of rotatable bonds is 8. The van der Waals surface area contributed by atoms with Gasteiger partial charge in [0.2, 0.25) is 0 Å². The van der Waals surface area contributed by atoms with Crippen molar-refractivity contribution in [2.75, 3.05) is 11.4 Å². The first-order valence-electron chi connectivity index (χ1n) is 20.8. The quantitative estimate of drug-likeness (QED) is 0.142. The Kier molecular flexibility index (Phi) is 10.2. The zero-order chi connectivity index (χ0) is 41.5. The summed E-state index contributed by atoms with van der Waals surface area (Å²) in [6.45, 7) is 7.58. The third kappa shape index (κ3) is 7.38. The first kappa shape index (κ1) is 38.6. The van der Waals surface area contributed by atoms with Crippen LogP contribution in [0.3, 0.4) is 0 Å². The van der Waals surface area contributed by atoms with Crippen LogP contribution in [-0.2, 0) is 31.2 Å². The third-order valence-electron chi connectivity index (χ3n) is 11.5. The number of pyridine rings is 1. The van der Waals surface area contributed by atoms with Gasteiger partial charge in [-0.1, -0.05) is 26.8 Å². The van der Waals surface area contributed by atoms with Crippen LogP contribution < -0.4 is 9.64 Å². The van der Waals surface area contributed by atoms with E-state index in [1.807, 2.05) is 12.3 Å². The molecule has 302 valence electrons. The van der Waals surface area contributed by atoms with Crippen LogP contribution >= 0.6 is 0 Å². The third-order valence-corrected chi connectivity index (χ3v) is 12.5. The molecular weight excluding hydrogens is 928 g/mol. The summed E-state index contributed by atoms with van der Waals surface area (Å²) in [5.41, 5.74) is 14.6. The zero-order valence-corrected chi connectivity index (χ0v) is 36.7. The molecule has 0 aliphatic carbocycles. The minimum absolute atomic E-state index is 0.00132. The Morgan fingerprint density at radius 3 is 1.82 bits per heavy atom. The van der Waals surface area contributed by atoms with Crippen molar-refractivity contribution in [1.29, 1.82) is 0 Å². The molecule has 0 bridgehead atoms. The Balaban J connectivity index is 1.11. The summed E-state index contributed by atoms with van der Waals surface area (Å²) in [4.78, 5) is 7.21. The molecular formula is C55H44N4OPt-2. The van der Waals surface area contributed by atoms with Crippen LogP contribution in [0.25, 0.3) is 55.8 Å². The Bertz CT molecular complexity index is 3030. The molecule has 9 aromatic rings. The normalized spacial score (nSPS) is 12.7. The Morgan fingerprint density at radius 2 is 1.18 bits per heavy atom. The first-order valence-corrected chi connectivity index (χ1v) is 22.0. The van der Waals surface area contributed by atoms with Gasteiger partial charge in [0.25, 0.3) is 0 Å². The van der Waals surface area contributed by atoms with Crippen LogP contribution in [-0.4, -0.2) is 20.7 Å². The number of hydrogen-bond acceptors (Lipinski definition) is 3. The van der Waals surface area contributed by atoms with Gasteiger partial charge in [-0.25, -0.2) is 0 Å². The molecule has 0 atom stereocenters. The van der Waals surface area contributed by atoms with E-state index in [1.165, 1.54) is 11.1 Å². The number of anilines is 2. The standard InChI is InChI=1S/C55H44N4O.Pt/c1-55(2,3)42-31-32-56-53(34-42)57-33-17-28-48-49(41-22-11-6-12-23-41)36-45(37-52(48)57)60-44-25-15-24-43(35-44)58-38-59(51-30-14-13-29-50(51)58)54-46(39-18-7-4-8-19-39)26-16-27-47(54)40-20-9-5-10-21-40;/h4-16,18-27,29-32,34,36H,17,28,33H2,1-3H3;/q-2;. The summed E-state index contributed by atoms with van der Waals surface area (Å²) in [5, 5.41) is 0. The predicted molar refractivity (Wildman–Crippen MR) is 245 cm³/mol. The van der Waals surface area contributed by atoms with Crippen molar-refractivity contribution in [1.82, 2.24) is 14.1 Å². The van der Waals surface area contributed by atoms with Gasteiger partial charge < -0.3 is 0 Å². The molecule has 3 heterocycles. The van der Waals surface area contributed by atoms with Gasteiger partial charge in [0.1, 0.15) is 0 Å². The van der Waals surface area contributed by atoms with E-state index in [0.717, 1.165) is 90.5 Å². The monoisotopic (exact) mass is 971 g/mol. The van der Waals surface area contributed by atoms with Gasteiger partial charge in [-0.2, -0.15) is 0 Å². The Morgan fingerprint density at radius 1 is 0.590 bits per heavy atom. The van der Waals surface area contributed by atoms with E-state index in [-0.39, 0.29) is 5.41 Å². The van der Waals surface area contributed by atoms with Gasteiger partial charge in [0.15, 0.2) is 0 Å². The molecule has 0 radical (unpaired) electrons. The van der Waals surface area contributed by atoms with E-state index in [2.05, 4.69) is 230 Å². The molecule has 0 N–H and O–H groups in total.